The molecule has 0 bridgehead atoms. The molecule has 2 heterocycles. The lowest BCUT2D eigenvalue weighted by atomic mass is 10.4. The predicted octanol–water partition coefficient (Wildman–Crippen LogP) is 4.14. The van der Waals surface area contributed by atoms with Gasteiger partial charge in [-0.25, -0.2) is 4.98 Å². The van der Waals surface area contributed by atoms with Gasteiger partial charge in [-0.05, 0) is 37.9 Å². The Labute approximate surface area is 134 Å². The van der Waals surface area contributed by atoms with Gasteiger partial charge in [0.1, 0.15) is 5.82 Å². The number of hydrogen-bond donors (Lipinski definition) is 0. The first kappa shape index (κ1) is 15.6. The second-order valence-corrected chi connectivity index (χ2v) is 7.15. The van der Waals surface area contributed by atoms with E-state index in [1.807, 2.05) is 0 Å². The first-order valence-electron chi connectivity index (χ1n) is 5.40. The summed E-state index contributed by atoms with van der Waals surface area (Å²) in [6, 6.07) is 1.69. The lowest BCUT2D eigenvalue weighted by Gasteiger charge is -2.16. The van der Waals surface area contributed by atoms with E-state index in [-0.39, 0.29) is 18.3 Å². The number of rotatable bonds is 4. The van der Waals surface area contributed by atoms with Gasteiger partial charge < -0.3 is 4.90 Å². The zero-order valence-electron chi connectivity index (χ0n) is 10.2. The summed E-state index contributed by atoms with van der Waals surface area (Å²) in [5.74, 6) is -0.101. The standard InChI is InChI=1S/C11H9Br2F2N3OS/c1-17(5-8-16-2-3-18(8)11(14)15)10(19)7-4-6(12)9(13)20-7/h2-4,11H,5H2,1H3. The molecular weight excluding hydrogens is 420 g/mol. The molecule has 108 valence electrons. The van der Waals surface area contributed by atoms with E-state index in [2.05, 4.69) is 36.8 Å². The van der Waals surface area contributed by atoms with E-state index < -0.39 is 6.55 Å². The Hall–Kier alpha value is -0.800. The smallest absolute Gasteiger partial charge is 0.319 e. The van der Waals surface area contributed by atoms with Crippen molar-refractivity contribution in [3.05, 3.63) is 37.4 Å². The molecule has 20 heavy (non-hydrogen) atoms. The van der Waals surface area contributed by atoms with Gasteiger partial charge in [0.05, 0.1) is 15.2 Å². The van der Waals surface area contributed by atoms with E-state index in [0.29, 0.717) is 4.88 Å². The SMILES string of the molecule is CN(Cc1nccn1C(F)F)C(=O)c1cc(Br)c(Br)s1. The summed E-state index contributed by atoms with van der Waals surface area (Å²) in [4.78, 5) is 17.9. The summed E-state index contributed by atoms with van der Waals surface area (Å²) in [6.07, 6.45) is 2.48. The highest BCUT2D eigenvalue weighted by molar-refractivity contribution is 9.13. The molecule has 9 heteroatoms. The van der Waals surface area contributed by atoms with Crippen LogP contribution in [0.25, 0.3) is 0 Å². The molecule has 0 aliphatic heterocycles. The molecule has 0 atom stereocenters. The van der Waals surface area contributed by atoms with Crippen LogP contribution in [0, 0.1) is 0 Å². The molecule has 2 rings (SSSR count). The molecule has 2 aromatic rings. The molecule has 0 spiro atoms. The zero-order chi connectivity index (χ0) is 14.9. The van der Waals surface area contributed by atoms with Crippen LogP contribution in [0.3, 0.4) is 0 Å². The van der Waals surface area contributed by atoms with Gasteiger partial charge in [0.15, 0.2) is 0 Å². The van der Waals surface area contributed by atoms with Crippen molar-refractivity contribution in [2.45, 2.75) is 13.1 Å². The fourth-order valence-corrected chi connectivity index (χ4v) is 3.60. The summed E-state index contributed by atoms with van der Waals surface area (Å²) < 4.78 is 27.7. The maximum Gasteiger partial charge on any atom is 0.319 e. The Kier molecular flexibility index (Phi) is 4.92. The third-order valence-electron chi connectivity index (χ3n) is 2.54. The number of halogens is 4. The first-order chi connectivity index (χ1) is 9.40. The summed E-state index contributed by atoms with van der Waals surface area (Å²) in [6.45, 7) is -2.65. The van der Waals surface area contributed by atoms with Crippen LogP contribution in [0.4, 0.5) is 8.78 Å². The van der Waals surface area contributed by atoms with Crippen molar-refractivity contribution >= 4 is 49.1 Å². The van der Waals surface area contributed by atoms with Crippen LogP contribution < -0.4 is 0 Å². The van der Waals surface area contributed by atoms with Gasteiger partial charge in [-0.3, -0.25) is 9.36 Å². The molecule has 0 unspecified atom stereocenters. The molecule has 0 radical (unpaired) electrons. The predicted molar refractivity (Wildman–Crippen MR) is 79.0 cm³/mol. The van der Waals surface area contributed by atoms with Crippen molar-refractivity contribution in [2.24, 2.45) is 0 Å². The Morgan fingerprint density at radius 3 is 2.80 bits per heavy atom. The van der Waals surface area contributed by atoms with Crippen molar-refractivity contribution in [3.8, 4) is 0 Å². The Balaban J connectivity index is 2.13. The molecule has 0 aliphatic carbocycles. The minimum atomic E-state index is -2.67. The fourth-order valence-electron chi connectivity index (χ4n) is 1.57. The minimum Gasteiger partial charge on any atom is -0.334 e. The molecule has 2 aromatic heterocycles. The van der Waals surface area contributed by atoms with E-state index in [1.54, 1.807) is 13.1 Å². The molecule has 0 aliphatic rings. The Morgan fingerprint density at radius 1 is 1.55 bits per heavy atom. The van der Waals surface area contributed by atoms with E-state index in [0.717, 1.165) is 12.8 Å². The lowest BCUT2D eigenvalue weighted by Crippen LogP contribution is -2.27. The van der Waals surface area contributed by atoms with E-state index in [9.17, 15) is 13.6 Å². The highest BCUT2D eigenvalue weighted by Crippen LogP contribution is 2.33. The second kappa shape index (κ2) is 6.31. The average Bonchev–Trinajstić information content (AvgIpc) is 2.96. The van der Waals surface area contributed by atoms with Crippen LogP contribution >= 0.6 is 43.2 Å². The van der Waals surface area contributed by atoms with Crippen LogP contribution in [0.15, 0.2) is 26.7 Å². The number of imidazole rings is 1. The molecule has 0 aromatic carbocycles. The van der Waals surface area contributed by atoms with E-state index >= 15 is 0 Å². The summed E-state index contributed by atoms with van der Waals surface area (Å²) in [5, 5.41) is 0. The van der Waals surface area contributed by atoms with Gasteiger partial charge >= 0.3 is 6.55 Å². The van der Waals surface area contributed by atoms with Crippen LogP contribution in [-0.4, -0.2) is 27.4 Å². The highest BCUT2D eigenvalue weighted by atomic mass is 79.9. The van der Waals surface area contributed by atoms with E-state index in [1.165, 1.54) is 28.6 Å². The van der Waals surface area contributed by atoms with Crippen molar-refractivity contribution in [1.29, 1.82) is 0 Å². The molecule has 4 nitrogen and oxygen atoms in total. The van der Waals surface area contributed by atoms with Gasteiger partial charge in [0.2, 0.25) is 0 Å². The van der Waals surface area contributed by atoms with Crippen LogP contribution in [0.5, 0.6) is 0 Å². The van der Waals surface area contributed by atoms with Gasteiger partial charge in [-0.2, -0.15) is 8.78 Å². The quantitative estimate of drug-likeness (QED) is 0.734. The van der Waals surface area contributed by atoms with Gasteiger partial charge in [0.25, 0.3) is 5.91 Å². The molecule has 0 saturated carbocycles. The van der Waals surface area contributed by atoms with E-state index in [4.69, 9.17) is 0 Å². The number of aromatic nitrogens is 2. The number of nitrogens with zero attached hydrogens (tertiary/aromatic N) is 3. The zero-order valence-corrected chi connectivity index (χ0v) is 14.2. The lowest BCUT2D eigenvalue weighted by molar-refractivity contribution is 0.0613. The summed E-state index contributed by atoms with van der Waals surface area (Å²) in [7, 11) is 1.55. The summed E-state index contributed by atoms with van der Waals surface area (Å²) in [5.41, 5.74) is 0. The second-order valence-electron chi connectivity index (χ2n) is 3.92. The topological polar surface area (TPSA) is 38.1 Å². The normalized spacial score (nSPS) is 11.1. The molecular formula is C11H9Br2F2N3OS. The van der Waals surface area contributed by atoms with Gasteiger partial charge in [0, 0.05) is 23.9 Å². The molecule has 0 fully saturated rings. The van der Waals surface area contributed by atoms with Crippen molar-refractivity contribution < 1.29 is 13.6 Å². The number of thiophene rings is 1. The van der Waals surface area contributed by atoms with Crippen molar-refractivity contribution in [2.75, 3.05) is 7.05 Å². The maximum atomic E-state index is 12.7. The van der Waals surface area contributed by atoms with Crippen molar-refractivity contribution in [3.63, 3.8) is 0 Å². The average molecular weight is 429 g/mol. The first-order valence-corrected chi connectivity index (χ1v) is 7.80. The number of carbonyl (C=O) groups excluding carboxylic acids is 1. The fraction of sp³-hybridized carbons (Fsp3) is 0.273. The summed E-state index contributed by atoms with van der Waals surface area (Å²) >= 11 is 7.89. The molecule has 0 N–H and O–H groups in total. The third kappa shape index (κ3) is 3.26. The molecule has 0 saturated heterocycles. The largest absolute Gasteiger partial charge is 0.334 e. The number of hydrogen-bond acceptors (Lipinski definition) is 3. The van der Waals surface area contributed by atoms with Crippen molar-refractivity contribution in [1.82, 2.24) is 14.5 Å². The Bertz CT molecular complexity index is 609. The van der Waals surface area contributed by atoms with Crippen LogP contribution in [-0.2, 0) is 6.54 Å². The third-order valence-corrected chi connectivity index (χ3v) is 5.78. The van der Waals surface area contributed by atoms with Gasteiger partial charge in [-0.15, -0.1) is 11.3 Å². The van der Waals surface area contributed by atoms with Crippen LogP contribution in [0.1, 0.15) is 22.0 Å². The Morgan fingerprint density at radius 2 is 2.25 bits per heavy atom. The number of carbonyl (C=O) groups is 1. The monoisotopic (exact) mass is 427 g/mol. The number of alkyl halides is 2. The van der Waals surface area contributed by atoms with Crippen LogP contribution in [0.2, 0.25) is 0 Å². The maximum absolute atomic E-state index is 12.7. The molecule has 1 amide bonds. The highest BCUT2D eigenvalue weighted by Gasteiger charge is 2.19. The van der Waals surface area contributed by atoms with Gasteiger partial charge in [-0.1, -0.05) is 0 Å². The minimum absolute atomic E-state index is 0.0172. The number of amides is 1.